The fraction of sp³-hybridized carbons (Fsp3) is 0.265. The van der Waals surface area contributed by atoms with E-state index in [-0.39, 0.29) is 23.6 Å². The van der Waals surface area contributed by atoms with E-state index in [2.05, 4.69) is 30.6 Å². The molecule has 13 heteroatoms. The number of benzene rings is 2. The first-order chi connectivity index (χ1) is 22.3. The highest BCUT2D eigenvalue weighted by Crippen LogP contribution is 2.48. The van der Waals surface area contributed by atoms with Crippen LogP contribution in [0.25, 0.3) is 22.2 Å². The molecule has 47 heavy (non-hydrogen) atoms. The van der Waals surface area contributed by atoms with Crippen LogP contribution in [0.2, 0.25) is 0 Å². The number of aliphatic hydroxyl groups is 1. The Labute approximate surface area is 267 Å². The maximum atomic E-state index is 14.9. The monoisotopic (exact) mass is 646 g/mol. The van der Waals surface area contributed by atoms with E-state index in [1.807, 2.05) is 20.8 Å². The largest absolute Gasteiger partial charge is 0.490 e. The summed E-state index contributed by atoms with van der Waals surface area (Å²) in [6.45, 7) is 4.48. The van der Waals surface area contributed by atoms with Crippen LogP contribution >= 0.6 is 0 Å². The average Bonchev–Trinajstić information content (AvgIpc) is 3.39. The van der Waals surface area contributed by atoms with Crippen LogP contribution in [-0.4, -0.2) is 50.3 Å². The van der Waals surface area contributed by atoms with E-state index in [1.54, 1.807) is 12.3 Å². The summed E-state index contributed by atoms with van der Waals surface area (Å²) in [5.41, 5.74) is -1.99. The van der Waals surface area contributed by atoms with Gasteiger partial charge in [-0.3, -0.25) is 9.78 Å². The predicted molar refractivity (Wildman–Crippen MR) is 167 cm³/mol. The fourth-order valence-corrected chi connectivity index (χ4v) is 5.50. The zero-order valence-electron chi connectivity index (χ0n) is 25.6. The molecule has 4 heterocycles. The highest BCUT2D eigenvalue weighted by molar-refractivity contribution is 6.03. The maximum Gasteiger partial charge on any atom is 0.424 e. The number of fused-ring (bicyclic) bond motifs is 2. The standard InChI is InChI=1S/C34H30F4N6O3/c1-4-32(3)17-47-30-25(32)12-27(44-29(30)20-5-7-23(35)8-6-20)33(46,34(36,37)38)16-42-31(45)22-10-21-9-19(2)13-41-28(21)26(11-22)43-24-14-39-18-40-15-24/h5-15,18,43,46H,4,16-17H2,1-3H3,(H,42,45)/t32-,33+/m0/s1. The van der Waals surface area contributed by atoms with Gasteiger partial charge < -0.3 is 20.5 Å². The molecule has 9 nitrogen and oxygen atoms in total. The molecule has 0 bridgehead atoms. The molecule has 3 N–H and O–H groups in total. The van der Waals surface area contributed by atoms with E-state index in [0.29, 0.717) is 39.8 Å². The molecule has 1 aliphatic heterocycles. The molecule has 5 aromatic rings. The van der Waals surface area contributed by atoms with Crippen LogP contribution in [0.15, 0.2) is 73.4 Å². The van der Waals surface area contributed by atoms with Gasteiger partial charge in [-0.1, -0.05) is 13.8 Å². The third-order valence-corrected chi connectivity index (χ3v) is 8.48. The van der Waals surface area contributed by atoms with E-state index in [4.69, 9.17) is 4.74 Å². The Hall–Kier alpha value is -5.17. The molecule has 0 saturated carbocycles. The van der Waals surface area contributed by atoms with E-state index in [1.165, 1.54) is 49.1 Å². The van der Waals surface area contributed by atoms with Crippen molar-refractivity contribution in [3.05, 3.63) is 102 Å². The predicted octanol–water partition coefficient (Wildman–Crippen LogP) is 6.52. The lowest BCUT2D eigenvalue weighted by Crippen LogP contribution is -2.51. The normalized spacial score (nSPS) is 17.1. The van der Waals surface area contributed by atoms with Gasteiger partial charge in [0.2, 0.25) is 5.60 Å². The molecular formula is C34H30F4N6O3. The van der Waals surface area contributed by atoms with Crippen LogP contribution in [-0.2, 0) is 11.0 Å². The van der Waals surface area contributed by atoms with Gasteiger partial charge in [-0.15, -0.1) is 0 Å². The molecule has 0 spiro atoms. The van der Waals surface area contributed by atoms with Crippen LogP contribution < -0.4 is 15.4 Å². The lowest BCUT2D eigenvalue weighted by Gasteiger charge is -2.31. The summed E-state index contributed by atoms with van der Waals surface area (Å²) in [6.07, 6.45) is 1.30. The number of anilines is 2. The number of nitrogens with zero attached hydrogens (tertiary/aromatic N) is 4. The number of carbonyl (C=O) groups excluding carboxylic acids is 1. The third-order valence-electron chi connectivity index (χ3n) is 8.48. The summed E-state index contributed by atoms with van der Waals surface area (Å²) in [5.74, 6) is -1.14. The van der Waals surface area contributed by atoms with E-state index >= 15 is 0 Å². The number of hydrogen-bond donors (Lipinski definition) is 3. The van der Waals surface area contributed by atoms with Crippen molar-refractivity contribution < 1.29 is 32.2 Å². The van der Waals surface area contributed by atoms with Gasteiger partial charge in [-0.05, 0) is 67.4 Å². The van der Waals surface area contributed by atoms with Crippen LogP contribution in [0.3, 0.4) is 0 Å². The van der Waals surface area contributed by atoms with Crippen molar-refractivity contribution in [3.63, 3.8) is 0 Å². The van der Waals surface area contributed by atoms with Crippen molar-refractivity contribution in [1.82, 2.24) is 25.3 Å². The van der Waals surface area contributed by atoms with Crippen LogP contribution in [0, 0.1) is 12.7 Å². The van der Waals surface area contributed by atoms with E-state index in [0.717, 1.165) is 17.7 Å². The van der Waals surface area contributed by atoms with Crippen molar-refractivity contribution in [2.75, 3.05) is 18.5 Å². The van der Waals surface area contributed by atoms with Crippen LogP contribution in [0.1, 0.15) is 47.4 Å². The first-order valence-electron chi connectivity index (χ1n) is 14.8. The summed E-state index contributed by atoms with van der Waals surface area (Å²) < 4.78 is 64.3. The summed E-state index contributed by atoms with van der Waals surface area (Å²) in [4.78, 5) is 30.1. The second kappa shape index (κ2) is 11.9. The highest BCUT2D eigenvalue weighted by Gasteiger charge is 2.57. The Balaban J connectivity index is 1.39. The molecule has 0 saturated heterocycles. The molecule has 2 atom stereocenters. The van der Waals surface area contributed by atoms with Crippen LogP contribution in [0.4, 0.5) is 28.9 Å². The highest BCUT2D eigenvalue weighted by atomic mass is 19.4. The topological polar surface area (TPSA) is 122 Å². The molecule has 0 radical (unpaired) electrons. The minimum absolute atomic E-state index is 0.0228. The zero-order chi connectivity index (χ0) is 33.6. The first kappa shape index (κ1) is 31.8. The van der Waals surface area contributed by atoms with Gasteiger partial charge in [0, 0.05) is 33.7 Å². The molecule has 0 fully saturated rings. The van der Waals surface area contributed by atoms with Gasteiger partial charge in [-0.25, -0.2) is 19.3 Å². The minimum atomic E-state index is -5.26. The van der Waals surface area contributed by atoms with Crippen molar-refractivity contribution in [2.45, 2.75) is 44.4 Å². The van der Waals surface area contributed by atoms with Gasteiger partial charge in [0.15, 0.2) is 0 Å². The van der Waals surface area contributed by atoms with Gasteiger partial charge in [-0.2, -0.15) is 13.2 Å². The smallest absolute Gasteiger partial charge is 0.424 e. The molecule has 3 aromatic heterocycles. The molecule has 1 amide bonds. The van der Waals surface area contributed by atoms with E-state index in [9.17, 15) is 27.5 Å². The van der Waals surface area contributed by atoms with Crippen LogP contribution in [0.5, 0.6) is 5.75 Å². The Morgan fingerprint density at radius 1 is 1.06 bits per heavy atom. The molecule has 6 rings (SSSR count). The molecular weight excluding hydrogens is 616 g/mol. The number of aromatic nitrogens is 4. The Kier molecular flexibility index (Phi) is 8.04. The first-order valence-corrected chi connectivity index (χ1v) is 14.8. The molecule has 0 aliphatic carbocycles. The van der Waals surface area contributed by atoms with Crippen molar-refractivity contribution in [2.24, 2.45) is 0 Å². The van der Waals surface area contributed by atoms with Gasteiger partial charge >= 0.3 is 6.18 Å². The minimum Gasteiger partial charge on any atom is -0.490 e. The summed E-state index contributed by atoms with van der Waals surface area (Å²) in [5, 5.41) is 17.4. The number of nitrogens with one attached hydrogen (secondary N) is 2. The average molecular weight is 647 g/mol. The lowest BCUT2D eigenvalue weighted by atomic mass is 9.80. The lowest BCUT2D eigenvalue weighted by molar-refractivity contribution is -0.265. The summed E-state index contributed by atoms with van der Waals surface area (Å²) in [7, 11) is 0. The van der Waals surface area contributed by atoms with Gasteiger partial charge in [0.1, 0.15) is 23.6 Å². The molecule has 242 valence electrons. The summed E-state index contributed by atoms with van der Waals surface area (Å²) >= 11 is 0. The number of aryl methyl sites for hydroxylation is 1. The SMILES string of the molecule is CC[C@@]1(C)COc2c1cc([C@](O)(CNC(=O)c1cc(Nc3cncnc3)c3ncc(C)cc3c1)C(F)(F)F)nc2-c1ccc(F)cc1. The summed E-state index contributed by atoms with van der Waals surface area (Å²) in [6, 6.07) is 11.0. The number of hydrogen-bond acceptors (Lipinski definition) is 8. The van der Waals surface area contributed by atoms with E-state index < -0.39 is 41.2 Å². The number of amides is 1. The quantitative estimate of drug-likeness (QED) is 0.163. The van der Waals surface area contributed by atoms with Gasteiger partial charge in [0.25, 0.3) is 5.91 Å². The zero-order valence-corrected chi connectivity index (χ0v) is 25.6. The third kappa shape index (κ3) is 5.94. The number of rotatable bonds is 8. The molecule has 2 aromatic carbocycles. The Bertz CT molecular complexity index is 1970. The number of ether oxygens (including phenoxy) is 1. The number of halogens is 4. The second-order valence-electron chi connectivity index (χ2n) is 11.8. The Morgan fingerprint density at radius 3 is 2.47 bits per heavy atom. The molecule has 0 unspecified atom stereocenters. The fourth-order valence-electron chi connectivity index (χ4n) is 5.50. The number of carbonyl (C=O) groups is 1. The van der Waals surface area contributed by atoms with Crippen molar-refractivity contribution >= 4 is 28.2 Å². The second-order valence-corrected chi connectivity index (χ2v) is 11.8. The molecule has 1 aliphatic rings. The van der Waals surface area contributed by atoms with Gasteiger partial charge in [0.05, 0.1) is 48.1 Å². The van der Waals surface area contributed by atoms with Crippen molar-refractivity contribution in [1.29, 1.82) is 0 Å². The number of alkyl halides is 3. The van der Waals surface area contributed by atoms with Crippen molar-refractivity contribution in [3.8, 4) is 17.0 Å². The number of pyridine rings is 2. The maximum absolute atomic E-state index is 14.9. The Morgan fingerprint density at radius 2 is 1.79 bits per heavy atom.